The Morgan fingerprint density at radius 2 is 1.86 bits per heavy atom. The van der Waals surface area contributed by atoms with E-state index in [9.17, 15) is 0 Å². The maximum Gasteiger partial charge on any atom is 0.244 e. The number of halogens is 1. The number of aromatic nitrogens is 3. The van der Waals surface area contributed by atoms with Crippen LogP contribution in [-0.4, -0.2) is 14.5 Å². The van der Waals surface area contributed by atoms with Gasteiger partial charge >= 0.3 is 0 Å². The molecule has 0 aliphatic carbocycles. The second-order valence-corrected chi connectivity index (χ2v) is 7.07. The van der Waals surface area contributed by atoms with Crippen LogP contribution in [0.4, 0.5) is 0 Å². The van der Waals surface area contributed by atoms with Gasteiger partial charge in [-0.25, -0.2) is 4.98 Å². The van der Waals surface area contributed by atoms with E-state index in [0.717, 1.165) is 28.6 Å². The van der Waals surface area contributed by atoms with Crippen LogP contribution < -0.4 is 4.74 Å². The Labute approximate surface area is 171 Å². The summed E-state index contributed by atoms with van der Waals surface area (Å²) in [6.45, 7) is 9.35. The zero-order chi connectivity index (χ0) is 19.0. The summed E-state index contributed by atoms with van der Waals surface area (Å²) in [5.74, 6) is 1.43. The molecule has 1 aromatic carbocycles. The first-order valence-corrected chi connectivity index (χ1v) is 9.14. The van der Waals surface area contributed by atoms with E-state index in [0.29, 0.717) is 5.88 Å². The van der Waals surface area contributed by atoms with Crippen molar-refractivity contribution in [3.63, 3.8) is 0 Å². The molecule has 0 unspecified atom stereocenters. The first-order valence-electron chi connectivity index (χ1n) is 9.14. The van der Waals surface area contributed by atoms with Gasteiger partial charge in [0.05, 0.1) is 0 Å². The van der Waals surface area contributed by atoms with Gasteiger partial charge in [0.2, 0.25) is 5.88 Å². The molecule has 3 heterocycles. The smallest absolute Gasteiger partial charge is 0.244 e. The van der Waals surface area contributed by atoms with Crippen LogP contribution in [0.25, 0.3) is 21.7 Å². The second-order valence-electron chi connectivity index (χ2n) is 7.07. The number of aryl methyl sites for hydroxylation is 1. The van der Waals surface area contributed by atoms with E-state index >= 15 is 0 Å². The van der Waals surface area contributed by atoms with Crippen LogP contribution in [0.3, 0.4) is 0 Å². The van der Waals surface area contributed by atoms with Crippen molar-refractivity contribution < 1.29 is 4.74 Å². The number of nitrogens with zero attached hydrogens (tertiary/aromatic N) is 3. The maximum atomic E-state index is 6.34. The minimum Gasteiger partial charge on any atom is -0.436 e. The van der Waals surface area contributed by atoms with Gasteiger partial charge in [-0.3, -0.25) is 4.98 Å². The highest BCUT2D eigenvalue weighted by Crippen LogP contribution is 2.35. The van der Waals surface area contributed by atoms with Crippen molar-refractivity contribution in [2.45, 2.75) is 34.2 Å². The fourth-order valence-corrected chi connectivity index (χ4v) is 3.43. The number of pyridine rings is 2. The van der Waals surface area contributed by atoms with Gasteiger partial charge in [0.15, 0.2) is 0 Å². The van der Waals surface area contributed by atoms with Crippen LogP contribution in [0.1, 0.15) is 25.1 Å². The van der Waals surface area contributed by atoms with Gasteiger partial charge in [0.1, 0.15) is 11.3 Å². The lowest BCUT2D eigenvalue weighted by atomic mass is 10.1. The summed E-state index contributed by atoms with van der Waals surface area (Å²) in [6.07, 6.45) is 7.69. The van der Waals surface area contributed by atoms with E-state index in [-0.39, 0.29) is 12.4 Å². The van der Waals surface area contributed by atoms with Crippen LogP contribution in [0.5, 0.6) is 11.6 Å². The van der Waals surface area contributed by atoms with Crippen molar-refractivity contribution in [2.24, 2.45) is 0 Å². The summed E-state index contributed by atoms with van der Waals surface area (Å²) in [5.41, 5.74) is 4.84. The Morgan fingerprint density at radius 3 is 2.64 bits per heavy atom. The van der Waals surface area contributed by atoms with Gasteiger partial charge in [-0.2, -0.15) is 0 Å². The predicted molar refractivity (Wildman–Crippen MR) is 118 cm³/mol. The van der Waals surface area contributed by atoms with Crippen LogP contribution >= 0.6 is 12.4 Å². The van der Waals surface area contributed by atoms with E-state index in [1.807, 2.05) is 36.7 Å². The monoisotopic (exact) mass is 393 g/mol. The number of rotatable bonds is 4. The molecule has 3 aromatic heterocycles. The average molecular weight is 394 g/mol. The molecule has 0 aliphatic heterocycles. The third-order valence-corrected chi connectivity index (χ3v) is 5.04. The standard InChI is InChI=1S/C23H23N3O.ClH/c1-15(2)10-13-26-17(4)16(3)19-9-12-25-23(22(19)26)27-21-7-5-6-18-14-24-11-8-20(18)21;/h5-12,14H,13H2,1-4H3;1H. The molecule has 4 nitrogen and oxygen atoms in total. The molecule has 0 N–H and O–H groups in total. The Balaban J connectivity index is 0.00000225. The molecule has 144 valence electrons. The largest absolute Gasteiger partial charge is 0.436 e. The van der Waals surface area contributed by atoms with Gasteiger partial charge in [-0.15, -0.1) is 12.4 Å². The summed E-state index contributed by atoms with van der Waals surface area (Å²) in [4.78, 5) is 8.77. The molecule has 0 bridgehead atoms. The molecule has 0 fully saturated rings. The molecular formula is C23H24ClN3O. The summed E-state index contributed by atoms with van der Waals surface area (Å²) in [6, 6.07) is 10.0. The zero-order valence-corrected chi connectivity index (χ0v) is 17.4. The minimum absolute atomic E-state index is 0. The van der Waals surface area contributed by atoms with Gasteiger partial charge in [0.25, 0.3) is 0 Å². The minimum atomic E-state index is 0. The van der Waals surface area contributed by atoms with Crippen molar-refractivity contribution in [3.05, 3.63) is 71.8 Å². The molecule has 0 saturated heterocycles. The van der Waals surface area contributed by atoms with Gasteiger partial charge < -0.3 is 9.30 Å². The molecule has 4 aromatic rings. The van der Waals surface area contributed by atoms with E-state index in [1.165, 1.54) is 22.2 Å². The van der Waals surface area contributed by atoms with E-state index in [2.05, 4.69) is 54.4 Å². The number of allylic oxidation sites excluding steroid dienone is 2. The number of benzene rings is 1. The molecule has 0 aliphatic rings. The molecule has 5 heteroatoms. The SMILES string of the molecule is CC(C)=CCn1c(C)c(C)c2ccnc(Oc3cccc4cnccc34)c21.Cl. The normalized spacial score (nSPS) is 10.7. The maximum absolute atomic E-state index is 6.34. The van der Waals surface area contributed by atoms with Crippen LogP contribution in [0.2, 0.25) is 0 Å². The molecule has 0 spiro atoms. The Bertz CT molecular complexity index is 1170. The Hall–Kier alpha value is -2.85. The summed E-state index contributed by atoms with van der Waals surface area (Å²) in [5, 5.41) is 3.26. The van der Waals surface area contributed by atoms with Gasteiger partial charge in [-0.05, 0) is 51.5 Å². The highest BCUT2D eigenvalue weighted by atomic mass is 35.5. The van der Waals surface area contributed by atoms with Crippen molar-refractivity contribution in [2.75, 3.05) is 0 Å². The van der Waals surface area contributed by atoms with Crippen molar-refractivity contribution >= 4 is 34.1 Å². The molecule has 4 rings (SSSR count). The number of hydrogen-bond acceptors (Lipinski definition) is 3. The second kappa shape index (κ2) is 8.03. The van der Waals surface area contributed by atoms with E-state index < -0.39 is 0 Å². The van der Waals surface area contributed by atoms with E-state index in [1.54, 1.807) is 6.20 Å². The Kier molecular flexibility index (Phi) is 5.71. The number of fused-ring (bicyclic) bond motifs is 2. The lowest BCUT2D eigenvalue weighted by Gasteiger charge is -2.12. The average Bonchev–Trinajstić information content (AvgIpc) is 2.92. The molecule has 0 amide bonds. The van der Waals surface area contributed by atoms with Crippen LogP contribution in [0.15, 0.2) is 60.6 Å². The zero-order valence-electron chi connectivity index (χ0n) is 16.6. The van der Waals surface area contributed by atoms with Crippen LogP contribution in [0, 0.1) is 13.8 Å². The van der Waals surface area contributed by atoms with E-state index in [4.69, 9.17) is 4.74 Å². The third kappa shape index (κ3) is 3.48. The molecule has 0 atom stereocenters. The highest BCUT2D eigenvalue weighted by Gasteiger charge is 2.17. The highest BCUT2D eigenvalue weighted by molar-refractivity contribution is 5.91. The molecule has 28 heavy (non-hydrogen) atoms. The quantitative estimate of drug-likeness (QED) is 0.377. The fourth-order valence-electron chi connectivity index (χ4n) is 3.43. The molecule has 0 saturated carbocycles. The first kappa shape index (κ1) is 19.9. The van der Waals surface area contributed by atoms with Gasteiger partial charge in [0, 0.05) is 47.0 Å². The van der Waals surface area contributed by atoms with Crippen molar-refractivity contribution in [1.82, 2.24) is 14.5 Å². The third-order valence-electron chi connectivity index (χ3n) is 5.04. The lowest BCUT2D eigenvalue weighted by Crippen LogP contribution is -2.01. The first-order chi connectivity index (χ1) is 13.1. The van der Waals surface area contributed by atoms with Crippen molar-refractivity contribution in [3.8, 4) is 11.6 Å². The summed E-state index contributed by atoms with van der Waals surface area (Å²) < 4.78 is 8.62. The van der Waals surface area contributed by atoms with Crippen LogP contribution in [-0.2, 0) is 6.54 Å². The number of ether oxygens (including phenoxy) is 1. The summed E-state index contributed by atoms with van der Waals surface area (Å²) >= 11 is 0. The van der Waals surface area contributed by atoms with Gasteiger partial charge in [-0.1, -0.05) is 23.8 Å². The Morgan fingerprint density at radius 1 is 1.07 bits per heavy atom. The molecular weight excluding hydrogens is 370 g/mol. The lowest BCUT2D eigenvalue weighted by molar-refractivity contribution is 0.471. The number of hydrogen-bond donors (Lipinski definition) is 0. The van der Waals surface area contributed by atoms with Crippen molar-refractivity contribution in [1.29, 1.82) is 0 Å². The topological polar surface area (TPSA) is 39.9 Å². The predicted octanol–water partition coefficient (Wildman–Crippen LogP) is 6.38. The fraction of sp³-hybridized carbons (Fsp3) is 0.217. The summed E-state index contributed by atoms with van der Waals surface area (Å²) in [7, 11) is 0. The molecule has 0 radical (unpaired) electrons.